The second-order valence-electron chi connectivity index (χ2n) is 7.79. The average Bonchev–Trinajstić information content (AvgIpc) is 3.31. The highest BCUT2D eigenvalue weighted by molar-refractivity contribution is 7.71. The maximum Gasteiger partial charge on any atom is 0.223 e. The van der Waals surface area contributed by atoms with Gasteiger partial charge in [-0.2, -0.15) is 5.10 Å². The number of rotatable bonds is 6. The number of piperidine rings is 1. The van der Waals surface area contributed by atoms with Crippen molar-refractivity contribution >= 4 is 18.1 Å². The zero-order valence-corrected chi connectivity index (χ0v) is 18.2. The zero-order valence-electron chi connectivity index (χ0n) is 17.4. The molecule has 0 aliphatic carbocycles. The molecule has 3 heterocycles. The smallest absolute Gasteiger partial charge is 0.223 e. The van der Waals surface area contributed by atoms with E-state index < -0.39 is 0 Å². The molecule has 158 valence electrons. The lowest BCUT2D eigenvalue weighted by atomic mass is 9.96. The predicted octanol–water partition coefficient (Wildman–Crippen LogP) is 3.51. The molecular weight excluding hydrogens is 398 g/mol. The molecule has 0 saturated carbocycles. The van der Waals surface area contributed by atoms with Crippen molar-refractivity contribution in [3.05, 3.63) is 58.8 Å². The number of aryl methyl sites for hydroxylation is 1. The summed E-state index contributed by atoms with van der Waals surface area (Å²) in [6, 6.07) is 11.9. The topological polar surface area (TPSA) is 68.2 Å². The lowest BCUT2D eigenvalue weighted by molar-refractivity contribution is -0.126. The maximum atomic E-state index is 12.5. The highest BCUT2D eigenvalue weighted by Gasteiger charge is 2.25. The molecule has 3 aromatic rings. The fraction of sp³-hybridized carbons (Fsp3) is 0.409. The third-order valence-corrected chi connectivity index (χ3v) is 6.23. The Morgan fingerprint density at radius 3 is 2.63 bits per heavy atom. The predicted molar refractivity (Wildman–Crippen MR) is 117 cm³/mol. The Morgan fingerprint density at radius 1 is 1.23 bits per heavy atom. The van der Waals surface area contributed by atoms with Crippen LogP contribution in [-0.2, 0) is 25.1 Å². The van der Waals surface area contributed by atoms with Crippen LogP contribution in [0.15, 0.2) is 47.1 Å². The van der Waals surface area contributed by atoms with Crippen molar-refractivity contribution in [3.8, 4) is 11.4 Å². The van der Waals surface area contributed by atoms with Crippen LogP contribution in [0.2, 0.25) is 0 Å². The van der Waals surface area contributed by atoms with Crippen molar-refractivity contribution in [3.63, 3.8) is 0 Å². The van der Waals surface area contributed by atoms with E-state index in [2.05, 4.69) is 10.2 Å². The van der Waals surface area contributed by atoms with Crippen LogP contribution in [-0.4, -0.2) is 38.2 Å². The molecule has 0 atom stereocenters. The Bertz CT molecular complexity index is 1060. The van der Waals surface area contributed by atoms with Crippen LogP contribution in [0.3, 0.4) is 0 Å². The van der Waals surface area contributed by atoms with E-state index in [0.29, 0.717) is 18.0 Å². The van der Waals surface area contributed by atoms with Crippen molar-refractivity contribution in [1.82, 2.24) is 24.6 Å². The van der Waals surface area contributed by atoms with Gasteiger partial charge in [0, 0.05) is 32.6 Å². The standard InChI is InChI=1S/C22H27N5O2S/c1-16-19(10-13-29-16)20-24-27(22(30)25(20)2)15-26-11-8-18(9-12-26)21(28)23-14-17-6-4-3-5-7-17/h3-7,10,13,18H,8-9,11-12,14-15H2,1-2H3,(H,23,28). The molecule has 0 spiro atoms. The van der Waals surface area contributed by atoms with Gasteiger partial charge in [0.15, 0.2) is 10.6 Å². The fourth-order valence-electron chi connectivity index (χ4n) is 3.89. The zero-order chi connectivity index (χ0) is 21.1. The van der Waals surface area contributed by atoms with E-state index in [9.17, 15) is 4.79 Å². The lowest BCUT2D eigenvalue weighted by Crippen LogP contribution is -2.41. The van der Waals surface area contributed by atoms with Crippen LogP contribution in [0.5, 0.6) is 0 Å². The van der Waals surface area contributed by atoms with Crippen LogP contribution in [0.4, 0.5) is 0 Å². The minimum atomic E-state index is 0.0609. The number of nitrogens with zero attached hydrogens (tertiary/aromatic N) is 4. The molecule has 1 aromatic carbocycles. The fourth-order valence-corrected chi connectivity index (χ4v) is 4.07. The first kappa shape index (κ1) is 20.6. The number of carbonyl (C=O) groups is 1. The third-order valence-electron chi connectivity index (χ3n) is 5.74. The van der Waals surface area contributed by atoms with Crippen molar-refractivity contribution in [2.75, 3.05) is 13.1 Å². The van der Waals surface area contributed by atoms with E-state index in [0.717, 1.165) is 48.6 Å². The monoisotopic (exact) mass is 425 g/mol. The van der Waals surface area contributed by atoms with Gasteiger partial charge in [-0.05, 0) is 43.6 Å². The molecule has 1 saturated heterocycles. The van der Waals surface area contributed by atoms with E-state index in [1.165, 1.54) is 0 Å². The van der Waals surface area contributed by atoms with Crippen molar-refractivity contribution in [2.45, 2.75) is 33.0 Å². The van der Waals surface area contributed by atoms with E-state index in [1.54, 1.807) is 6.26 Å². The molecular formula is C22H27N5O2S. The van der Waals surface area contributed by atoms with Crippen LogP contribution in [0, 0.1) is 17.6 Å². The molecule has 4 rings (SSSR count). The largest absolute Gasteiger partial charge is 0.469 e. The maximum absolute atomic E-state index is 12.5. The summed E-state index contributed by atoms with van der Waals surface area (Å²) >= 11 is 5.59. The van der Waals surface area contributed by atoms with Gasteiger partial charge in [-0.3, -0.25) is 9.69 Å². The molecule has 1 N–H and O–H groups in total. The number of carbonyl (C=O) groups excluding carboxylic acids is 1. The normalized spacial score (nSPS) is 15.4. The Hall–Kier alpha value is -2.71. The van der Waals surface area contributed by atoms with Crippen LogP contribution in [0.25, 0.3) is 11.4 Å². The first-order chi connectivity index (χ1) is 14.5. The van der Waals surface area contributed by atoms with E-state index in [-0.39, 0.29) is 11.8 Å². The molecule has 2 aromatic heterocycles. The van der Waals surface area contributed by atoms with E-state index >= 15 is 0 Å². The van der Waals surface area contributed by atoms with Gasteiger partial charge in [-0.25, -0.2) is 4.68 Å². The summed E-state index contributed by atoms with van der Waals surface area (Å²) in [5.74, 6) is 1.84. The Morgan fingerprint density at radius 2 is 1.97 bits per heavy atom. The quantitative estimate of drug-likeness (QED) is 0.612. The number of hydrogen-bond donors (Lipinski definition) is 1. The van der Waals surface area contributed by atoms with Gasteiger partial charge in [-0.1, -0.05) is 30.3 Å². The van der Waals surface area contributed by atoms with Crippen molar-refractivity contribution in [1.29, 1.82) is 0 Å². The van der Waals surface area contributed by atoms with E-state index in [1.807, 2.05) is 59.6 Å². The Labute approximate surface area is 181 Å². The summed E-state index contributed by atoms with van der Waals surface area (Å²) in [5, 5.41) is 7.79. The number of hydrogen-bond acceptors (Lipinski definition) is 5. The summed E-state index contributed by atoms with van der Waals surface area (Å²) in [6.07, 6.45) is 3.35. The van der Waals surface area contributed by atoms with Crippen molar-refractivity contribution < 1.29 is 9.21 Å². The molecule has 30 heavy (non-hydrogen) atoms. The van der Waals surface area contributed by atoms with Gasteiger partial charge >= 0.3 is 0 Å². The molecule has 0 radical (unpaired) electrons. The van der Waals surface area contributed by atoms with Gasteiger partial charge in [0.1, 0.15) is 5.76 Å². The van der Waals surface area contributed by atoms with Crippen LogP contribution >= 0.6 is 12.2 Å². The first-order valence-corrected chi connectivity index (χ1v) is 10.7. The minimum Gasteiger partial charge on any atom is -0.469 e. The number of nitrogens with one attached hydrogen (secondary N) is 1. The molecule has 0 unspecified atom stereocenters. The number of amides is 1. The van der Waals surface area contributed by atoms with Gasteiger partial charge < -0.3 is 14.3 Å². The van der Waals surface area contributed by atoms with E-state index in [4.69, 9.17) is 21.7 Å². The Balaban J connectivity index is 1.32. The minimum absolute atomic E-state index is 0.0609. The summed E-state index contributed by atoms with van der Waals surface area (Å²) in [7, 11) is 1.93. The van der Waals surface area contributed by atoms with Gasteiger partial charge in [0.2, 0.25) is 5.91 Å². The second-order valence-corrected chi connectivity index (χ2v) is 8.16. The number of benzene rings is 1. The second kappa shape index (κ2) is 8.97. The van der Waals surface area contributed by atoms with Gasteiger partial charge in [0.05, 0.1) is 18.5 Å². The number of furan rings is 1. The molecule has 1 aliphatic heterocycles. The molecule has 1 aliphatic rings. The first-order valence-electron chi connectivity index (χ1n) is 10.2. The highest BCUT2D eigenvalue weighted by atomic mass is 32.1. The third kappa shape index (κ3) is 4.39. The molecule has 1 amide bonds. The molecule has 0 bridgehead atoms. The summed E-state index contributed by atoms with van der Waals surface area (Å²) in [4.78, 5) is 14.8. The highest BCUT2D eigenvalue weighted by Crippen LogP contribution is 2.23. The van der Waals surface area contributed by atoms with Gasteiger partial charge in [0.25, 0.3) is 0 Å². The van der Waals surface area contributed by atoms with Crippen LogP contribution < -0.4 is 5.32 Å². The average molecular weight is 426 g/mol. The summed E-state index contributed by atoms with van der Waals surface area (Å²) in [6.45, 7) is 4.83. The molecule has 8 heteroatoms. The van der Waals surface area contributed by atoms with Crippen molar-refractivity contribution in [2.24, 2.45) is 13.0 Å². The number of likely N-dealkylation sites (tertiary alicyclic amines) is 1. The summed E-state index contributed by atoms with van der Waals surface area (Å²) < 4.78 is 9.85. The Kier molecular flexibility index (Phi) is 6.15. The number of aromatic nitrogens is 3. The summed E-state index contributed by atoms with van der Waals surface area (Å²) in [5.41, 5.74) is 2.08. The molecule has 1 fully saturated rings. The lowest BCUT2D eigenvalue weighted by Gasteiger charge is -2.30. The van der Waals surface area contributed by atoms with Crippen LogP contribution in [0.1, 0.15) is 24.2 Å². The molecule has 7 nitrogen and oxygen atoms in total. The van der Waals surface area contributed by atoms with Gasteiger partial charge in [-0.15, -0.1) is 0 Å². The SMILES string of the molecule is Cc1occc1-c1nn(CN2CCC(C(=O)NCc3ccccc3)CC2)c(=S)n1C.